The van der Waals surface area contributed by atoms with Gasteiger partial charge in [-0.1, -0.05) is 35.9 Å². The van der Waals surface area contributed by atoms with Crippen LogP contribution < -0.4 is 21.0 Å². The number of non-ortho nitro benzene ring substituents is 2. The monoisotopic (exact) mass is 1060 g/mol. The maximum absolute atomic E-state index is 13.2. The molecule has 1 radical (unpaired) electrons. The van der Waals surface area contributed by atoms with Crippen molar-refractivity contribution in [2.75, 3.05) is 16.4 Å². The summed E-state index contributed by atoms with van der Waals surface area (Å²) in [6.07, 6.45) is 6.35. The highest BCUT2D eigenvalue weighted by molar-refractivity contribution is 6.31. The van der Waals surface area contributed by atoms with Crippen molar-refractivity contribution >= 4 is 59.5 Å². The van der Waals surface area contributed by atoms with Gasteiger partial charge in [0.25, 0.3) is 11.4 Å². The Kier molecular flexibility index (Phi) is 16.1. The summed E-state index contributed by atoms with van der Waals surface area (Å²) in [6, 6.07) is 38.6. The van der Waals surface area contributed by atoms with E-state index >= 15 is 0 Å². The lowest BCUT2D eigenvalue weighted by atomic mass is 9.99. The van der Waals surface area contributed by atoms with E-state index in [-0.39, 0.29) is 40.9 Å². The molecule has 23 heteroatoms. The fourth-order valence-corrected chi connectivity index (χ4v) is 8.65. The van der Waals surface area contributed by atoms with Crippen LogP contribution in [-0.2, 0) is 19.3 Å². The Morgan fingerprint density at radius 3 is 1.45 bits per heavy atom. The van der Waals surface area contributed by atoms with Gasteiger partial charge in [-0.3, -0.25) is 20.2 Å². The van der Waals surface area contributed by atoms with Crippen molar-refractivity contribution in [3.63, 3.8) is 0 Å². The molecule has 3 aromatic heterocycles. The van der Waals surface area contributed by atoms with E-state index < -0.39 is 9.85 Å². The first-order valence-corrected chi connectivity index (χ1v) is 23.7. The summed E-state index contributed by atoms with van der Waals surface area (Å²) in [5, 5.41) is 36.7. The smallest absolute Gasteiger partial charge is 0.537 e. The quantitative estimate of drug-likeness (QED) is 0.0345. The molecule has 0 saturated carbocycles. The van der Waals surface area contributed by atoms with Gasteiger partial charge in [0.05, 0.1) is 39.0 Å². The van der Waals surface area contributed by atoms with Crippen molar-refractivity contribution in [3.05, 3.63) is 241 Å². The SMILES string of the molecule is Nc1ccc(C2Cc3c(ncnc3-c3ccc(F)cc3)N2)cc1.O=[N+]([O-])c1ccc(C2=Nc3ncnc(Cl)c3C2)cc1.O=[N+]([O-])c1ccc(C2Cc3c(ncnc3-c3ccc(F)cc3)N2)cc1.O[B]Oc1ccc(F)cc1. The number of nitrogen functional groups attached to an aromatic ring is 1. The number of nitrogens with one attached hydrogen (secondary N) is 2. The normalized spacial score (nSPS) is 14.2. The van der Waals surface area contributed by atoms with Crippen LogP contribution >= 0.6 is 11.6 Å². The van der Waals surface area contributed by atoms with E-state index in [0.29, 0.717) is 37.2 Å². The molecule has 0 spiro atoms. The highest BCUT2D eigenvalue weighted by Crippen LogP contribution is 2.39. The van der Waals surface area contributed by atoms with Crippen LogP contribution in [0.1, 0.15) is 45.5 Å². The molecule has 12 rings (SSSR count). The number of halogens is 4. The minimum atomic E-state index is -0.433. The molecule has 6 heterocycles. The predicted molar refractivity (Wildman–Crippen MR) is 284 cm³/mol. The van der Waals surface area contributed by atoms with Gasteiger partial charge in [-0.15, -0.1) is 0 Å². The average molecular weight is 1060 g/mol. The molecular formula is C54H40BClF3N12O6. The van der Waals surface area contributed by atoms with Crippen LogP contribution in [0.25, 0.3) is 22.5 Å². The molecule has 18 nitrogen and oxygen atoms in total. The highest BCUT2D eigenvalue weighted by Gasteiger charge is 2.29. The Balaban J connectivity index is 0.000000130. The van der Waals surface area contributed by atoms with E-state index in [1.807, 2.05) is 24.3 Å². The Bertz CT molecular complexity index is 3590. The number of anilines is 3. The maximum atomic E-state index is 13.2. The fourth-order valence-electron chi connectivity index (χ4n) is 8.45. The summed E-state index contributed by atoms with van der Waals surface area (Å²) in [5.41, 5.74) is 16.4. The standard InChI is InChI=1S/C18H13FN4O2.C18H15FN4.C12H7ClN4O2.C6H5BFO2/c19-13-5-1-12(2-6-13)17-15-9-16(22-18(15)21-10-20-17)11-3-7-14(8-4-11)23(24)25;19-13-5-1-12(2-6-13)17-15-9-16(23-18(15)22-10-21-17)11-3-7-14(20)8-4-11;13-11-9-5-10(16-12(9)15-6-14-11)7-1-3-8(4-2-7)17(18)19;8-5-1-3-6(4-2-5)10-7-9/h1-8,10,16H,9H2,(H,20,21,22);1-8,10,16H,9,20H2,(H,21,22,23);1-4,6H,5H2;1-4,9H. The second-order valence-corrected chi connectivity index (χ2v) is 17.5. The van der Waals surface area contributed by atoms with Crippen molar-refractivity contribution in [2.45, 2.75) is 31.3 Å². The molecule has 5 N–H and O–H groups in total. The minimum absolute atomic E-state index is 0.0355. The molecule has 0 bridgehead atoms. The van der Waals surface area contributed by atoms with Gasteiger partial charge in [0.2, 0.25) is 0 Å². The van der Waals surface area contributed by atoms with Gasteiger partial charge in [-0.2, -0.15) is 0 Å². The van der Waals surface area contributed by atoms with Gasteiger partial charge in [0, 0.05) is 77.0 Å². The molecule has 383 valence electrons. The largest absolute Gasteiger partial charge is 0.569 e. The first kappa shape index (κ1) is 52.2. The number of nitro benzene ring substituents is 2. The molecule has 0 aliphatic carbocycles. The van der Waals surface area contributed by atoms with Gasteiger partial charge in [0.15, 0.2) is 5.82 Å². The fraction of sp³-hybridized carbons (Fsp3) is 0.0926. The second-order valence-electron chi connectivity index (χ2n) is 17.1. The molecule has 3 aliphatic rings. The summed E-state index contributed by atoms with van der Waals surface area (Å²) in [6.45, 7) is 0. The van der Waals surface area contributed by atoms with Gasteiger partial charge < -0.3 is 26.0 Å². The lowest BCUT2D eigenvalue weighted by Crippen LogP contribution is -2.06. The van der Waals surface area contributed by atoms with Gasteiger partial charge in [-0.05, 0) is 114 Å². The second kappa shape index (κ2) is 23.7. The predicted octanol–water partition coefficient (Wildman–Crippen LogP) is 10.9. The Labute approximate surface area is 442 Å². The molecule has 2 unspecified atom stereocenters. The summed E-state index contributed by atoms with van der Waals surface area (Å²) in [4.78, 5) is 50.2. The molecule has 3 aliphatic heterocycles. The third-order valence-corrected chi connectivity index (χ3v) is 12.6. The van der Waals surface area contributed by atoms with E-state index in [1.54, 1.807) is 48.5 Å². The molecule has 2 atom stereocenters. The minimum Gasteiger partial charge on any atom is -0.537 e. The summed E-state index contributed by atoms with van der Waals surface area (Å²) in [5.74, 6) is 1.66. The molecular weight excluding hydrogens is 1020 g/mol. The molecule has 0 fully saturated rings. The first-order chi connectivity index (χ1) is 37.3. The summed E-state index contributed by atoms with van der Waals surface area (Å²) in [7, 11) is 0.549. The third kappa shape index (κ3) is 12.6. The van der Waals surface area contributed by atoms with Crippen LogP contribution in [0.15, 0.2) is 170 Å². The van der Waals surface area contributed by atoms with Crippen molar-refractivity contribution in [1.82, 2.24) is 29.9 Å². The van der Waals surface area contributed by atoms with Gasteiger partial charge in [0.1, 0.15) is 59.0 Å². The lowest BCUT2D eigenvalue weighted by Gasteiger charge is -2.11. The maximum Gasteiger partial charge on any atom is 0.569 e. The van der Waals surface area contributed by atoms with Crippen molar-refractivity contribution in [3.8, 4) is 28.3 Å². The lowest BCUT2D eigenvalue weighted by molar-refractivity contribution is -0.385. The molecule has 9 aromatic rings. The Hall–Kier alpha value is -9.67. The van der Waals surface area contributed by atoms with Crippen molar-refractivity contribution in [2.24, 2.45) is 4.99 Å². The highest BCUT2D eigenvalue weighted by atomic mass is 35.5. The van der Waals surface area contributed by atoms with Crippen LogP contribution in [-0.4, -0.2) is 58.2 Å². The Morgan fingerprint density at radius 2 is 1.00 bits per heavy atom. The van der Waals surface area contributed by atoms with Crippen LogP contribution in [0.2, 0.25) is 5.15 Å². The number of rotatable bonds is 9. The van der Waals surface area contributed by atoms with Gasteiger partial charge in [-0.25, -0.2) is 48.1 Å². The number of aromatic nitrogens is 6. The third-order valence-electron chi connectivity index (χ3n) is 12.3. The average Bonchev–Trinajstić information content (AvgIpc) is 4.25. The number of hydrogen-bond donors (Lipinski definition) is 4. The van der Waals surface area contributed by atoms with E-state index in [4.69, 9.17) is 22.4 Å². The zero-order chi connectivity index (χ0) is 54.0. The number of aliphatic imine (C=N–C) groups is 1. The topological polar surface area (TPSA) is 256 Å². The van der Waals surface area contributed by atoms with E-state index in [1.165, 1.54) is 91.8 Å². The van der Waals surface area contributed by atoms with Crippen LogP contribution in [0.3, 0.4) is 0 Å². The molecule has 77 heavy (non-hydrogen) atoms. The Morgan fingerprint density at radius 1 is 0.571 bits per heavy atom. The van der Waals surface area contributed by atoms with E-state index in [0.717, 1.165) is 85.4 Å². The number of nitrogens with zero attached hydrogens (tertiary/aromatic N) is 9. The summed E-state index contributed by atoms with van der Waals surface area (Å²) >= 11 is 5.98. The van der Waals surface area contributed by atoms with Crippen LogP contribution in [0.5, 0.6) is 5.75 Å². The number of nitro groups is 2. The zero-order valence-electron chi connectivity index (χ0n) is 40.0. The number of hydrogen-bond acceptors (Lipinski definition) is 16. The number of benzene rings is 6. The van der Waals surface area contributed by atoms with Crippen molar-refractivity contribution in [1.29, 1.82) is 0 Å². The van der Waals surface area contributed by atoms with E-state index in [9.17, 15) is 33.4 Å². The molecule has 0 amide bonds. The van der Waals surface area contributed by atoms with Crippen molar-refractivity contribution < 1.29 is 32.7 Å². The van der Waals surface area contributed by atoms with Gasteiger partial charge >= 0.3 is 7.69 Å². The number of nitrogens with two attached hydrogens (primary N) is 1. The molecule has 0 saturated heterocycles. The van der Waals surface area contributed by atoms with E-state index in [2.05, 4.69) is 50.2 Å². The van der Waals surface area contributed by atoms with Crippen LogP contribution in [0.4, 0.5) is 47.7 Å². The zero-order valence-corrected chi connectivity index (χ0v) is 40.8. The molecule has 6 aromatic carbocycles. The number of fused-ring (bicyclic) bond motifs is 3. The first-order valence-electron chi connectivity index (χ1n) is 23.3. The summed E-state index contributed by atoms with van der Waals surface area (Å²) < 4.78 is 43.0. The van der Waals surface area contributed by atoms with Crippen LogP contribution in [0, 0.1) is 37.7 Å².